The lowest BCUT2D eigenvalue weighted by molar-refractivity contribution is 0.0953. The van der Waals surface area contributed by atoms with Gasteiger partial charge < -0.3 is 10.1 Å². The number of unbranched alkanes of at least 4 members (excludes halogenated alkanes) is 1. The molecule has 2 aromatic carbocycles. The van der Waals surface area contributed by atoms with Crippen LogP contribution in [0.3, 0.4) is 0 Å². The van der Waals surface area contributed by atoms with Gasteiger partial charge in [0.05, 0.1) is 24.1 Å². The molecule has 0 spiro atoms. The van der Waals surface area contributed by atoms with Crippen molar-refractivity contribution in [2.24, 2.45) is 0 Å². The Bertz CT molecular complexity index is 832. The topological polar surface area (TPSA) is 67.0 Å². The van der Waals surface area contributed by atoms with Crippen LogP contribution in [0, 0.1) is 0 Å². The van der Waals surface area contributed by atoms with Crippen molar-refractivity contribution >= 4 is 17.5 Å². The molecule has 1 amide bonds. The number of hydrogen-bond acceptors (Lipinski definition) is 3. The summed E-state index contributed by atoms with van der Waals surface area (Å²) >= 11 is 5.91. The number of halogens is 1. The van der Waals surface area contributed by atoms with Crippen LogP contribution in [-0.4, -0.2) is 29.3 Å². The molecule has 0 aliphatic rings. The number of aromatic nitrogens is 2. The number of nitrogens with zero attached hydrogens (tertiary/aromatic N) is 1. The van der Waals surface area contributed by atoms with E-state index in [-0.39, 0.29) is 5.91 Å². The molecule has 0 bridgehead atoms. The van der Waals surface area contributed by atoms with Gasteiger partial charge >= 0.3 is 0 Å². The van der Waals surface area contributed by atoms with Crippen molar-refractivity contribution in [2.75, 3.05) is 13.2 Å². The van der Waals surface area contributed by atoms with Gasteiger partial charge in [0.25, 0.3) is 5.91 Å². The third-order valence-corrected chi connectivity index (χ3v) is 4.14. The molecule has 0 aliphatic carbocycles. The molecule has 6 heteroatoms. The molecule has 2 N–H and O–H groups in total. The van der Waals surface area contributed by atoms with Gasteiger partial charge in [-0.05, 0) is 37.1 Å². The minimum absolute atomic E-state index is 0.146. The van der Waals surface area contributed by atoms with Gasteiger partial charge in [-0.1, -0.05) is 41.9 Å². The van der Waals surface area contributed by atoms with E-state index in [0.717, 1.165) is 24.2 Å². The Balaban J connectivity index is 1.44. The summed E-state index contributed by atoms with van der Waals surface area (Å²) in [7, 11) is 0. The average Bonchev–Trinajstić information content (AvgIpc) is 3.16. The van der Waals surface area contributed by atoms with E-state index < -0.39 is 0 Å². The molecule has 3 aromatic rings. The smallest absolute Gasteiger partial charge is 0.255 e. The molecule has 0 radical (unpaired) electrons. The lowest BCUT2D eigenvalue weighted by atomic mass is 10.1. The van der Waals surface area contributed by atoms with Crippen LogP contribution in [0.15, 0.2) is 60.8 Å². The van der Waals surface area contributed by atoms with E-state index in [1.54, 1.807) is 12.1 Å². The summed E-state index contributed by atoms with van der Waals surface area (Å²) in [5.74, 6) is 0.718. The van der Waals surface area contributed by atoms with Gasteiger partial charge in [-0.2, -0.15) is 5.10 Å². The molecular weight excluding hydrogens is 350 g/mol. The van der Waals surface area contributed by atoms with Crippen molar-refractivity contribution in [3.05, 3.63) is 71.4 Å². The molecule has 0 saturated heterocycles. The second-order valence-electron chi connectivity index (χ2n) is 5.79. The van der Waals surface area contributed by atoms with Gasteiger partial charge in [0.2, 0.25) is 0 Å². The van der Waals surface area contributed by atoms with Crippen molar-refractivity contribution in [3.8, 4) is 17.0 Å². The number of benzene rings is 2. The molecule has 5 nitrogen and oxygen atoms in total. The number of aromatic amines is 1. The number of carbonyl (C=O) groups excluding carboxylic acids is 1. The highest BCUT2D eigenvalue weighted by Gasteiger charge is 2.14. The van der Waals surface area contributed by atoms with Gasteiger partial charge in [-0.25, -0.2) is 0 Å². The first-order valence-corrected chi connectivity index (χ1v) is 8.87. The number of hydrogen-bond donors (Lipinski definition) is 2. The molecule has 0 unspecified atom stereocenters. The highest BCUT2D eigenvalue weighted by Crippen LogP contribution is 2.22. The maximum atomic E-state index is 12.4. The maximum Gasteiger partial charge on any atom is 0.255 e. The summed E-state index contributed by atoms with van der Waals surface area (Å²) < 4.78 is 5.63. The number of H-pyrrole nitrogens is 1. The van der Waals surface area contributed by atoms with Gasteiger partial charge in [0, 0.05) is 17.1 Å². The van der Waals surface area contributed by atoms with Crippen molar-refractivity contribution in [2.45, 2.75) is 12.8 Å². The second-order valence-corrected chi connectivity index (χ2v) is 6.23. The van der Waals surface area contributed by atoms with Crippen LogP contribution >= 0.6 is 11.6 Å². The number of para-hydroxylation sites is 1. The molecule has 0 fully saturated rings. The molecule has 0 saturated carbocycles. The number of nitrogens with one attached hydrogen (secondary N) is 2. The summed E-state index contributed by atoms with van der Waals surface area (Å²) in [6.07, 6.45) is 3.25. The number of ether oxygens (including phenoxy) is 1. The van der Waals surface area contributed by atoms with E-state index in [1.807, 2.05) is 42.5 Å². The van der Waals surface area contributed by atoms with Crippen LogP contribution < -0.4 is 10.1 Å². The van der Waals surface area contributed by atoms with Crippen molar-refractivity contribution in [3.63, 3.8) is 0 Å². The van der Waals surface area contributed by atoms with Gasteiger partial charge in [-0.15, -0.1) is 0 Å². The second kappa shape index (κ2) is 9.06. The predicted octanol–water partition coefficient (Wildman–Crippen LogP) is 4.32. The number of rotatable bonds is 8. The Kier molecular flexibility index (Phi) is 6.28. The largest absolute Gasteiger partial charge is 0.494 e. The summed E-state index contributed by atoms with van der Waals surface area (Å²) in [5.41, 5.74) is 2.08. The highest BCUT2D eigenvalue weighted by atomic mass is 35.5. The average molecular weight is 370 g/mol. The van der Waals surface area contributed by atoms with E-state index in [2.05, 4.69) is 15.5 Å². The number of carbonyl (C=O) groups is 1. The Hall–Kier alpha value is -2.79. The van der Waals surface area contributed by atoms with E-state index in [1.165, 1.54) is 6.20 Å². The minimum atomic E-state index is -0.146. The third-order valence-electron chi connectivity index (χ3n) is 3.89. The monoisotopic (exact) mass is 369 g/mol. The van der Waals surface area contributed by atoms with Crippen LogP contribution in [0.2, 0.25) is 5.02 Å². The first kappa shape index (κ1) is 18.0. The molecule has 26 heavy (non-hydrogen) atoms. The third kappa shape index (κ3) is 4.86. The van der Waals surface area contributed by atoms with Crippen LogP contribution in [-0.2, 0) is 0 Å². The Morgan fingerprint density at radius 1 is 1.08 bits per heavy atom. The molecule has 3 rings (SSSR count). The standard InChI is InChI=1S/C20H20ClN3O2/c21-16-10-8-15(9-11-16)19-18(14-23-24-19)20(25)22-12-4-5-13-26-17-6-2-1-3-7-17/h1-3,6-11,14H,4-5,12-13H2,(H,22,25)(H,23,24). The van der Waals surface area contributed by atoms with Gasteiger partial charge in [0.15, 0.2) is 0 Å². The highest BCUT2D eigenvalue weighted by molar-refractivity contribution is 6.30. The van der Waals surface area contributed by atoms with Crippen LogP contribution in [0.5, 0.6) is 5.75 Å². The zero-order chi connectivity index (χ0) is 18.2. The number of amides is 1. The Labute approximate surface area is 157 Å². The van der Waals surface area contributed by atoms with Crippen molar-refractivity contribution in [1.29, 1.82) is 0 Å². The fourth-order valence-electron chi connectivity index (χ4n) is 2.53. The summed E-state index contributed by atoms with van der Waals surface area (Å²) in [4.78, 5) is 12.4. The van der Waals surface area contributed by atoms with E-state index in [0.29, 0.717) is 29.4 Å². The maximum absolute atomic E-state index is 12.4. The van der Waals surface area contributed by atoms with Gasteiger partial charge in [0.1, 0.15) is 5.75 Å². The molecule has 1 heterocycles. The molecule has 134 valence electrons. The summed E-state index contributed by atoms with van der Waals surface area (Å²) in [6, 6.07) is 17.0. The first-order chi connectivity index (χ1) is 12.7. The predicted molar refractivity (Wildman–Crippen MR) is 103 cm³/mol. The molecule has 1 aromatic heterocycles. The fourth-order valence-corrected chi connectivity index (χ4v) is 2.65. The van der Waals surface area contributed by atoms with Gasteiger partial charge in [-0.3, -0.25) is 9.89 Å². The minimum Gasteiger partial charge on any atom is -0.494 e. The lowest BCUT2D eigenvalue weighted by Crippen LogP contribution is -2.24. The first-order valence-electron chi connectivity index (χ1n) is 8.49. The molecular formula is C20H20ClN3O2. The normalized spacial score (nSPS) is 10.5. The van der Waals surface area contributed by atoms with Crippen molar-refractivity contribution < 1.29 is 9.53 Å². The Morgan fingerprint density at radius 3 is 2.62 bits per heavy atom. The summed E-state index contributed by atoms with van der Waals surface area (Å²) in [6.45, 7) is 1.21. The zero-order valence-electron chi connectivity index (χ0n) is 14.2. The Morgan fingerprint density at radius 2 is 1.85 bits per heavy atom. The van der Waals surface area contributed by atoms with E-state index in [4.69, 9.17) is 16.3 Å². The molecule has 0 aliphatic heterocycles. The van der Waals surface area contributed by atoms with Crippen LogP contribution in [0.4, 0.5) is 0 Å². The lowest BCUT2D eigenvalue weighted by Gasteiger charge is -2.07. The fraction of sp³-hybridized carbons (Fsp3) is 0.200. The van der Waals surface area contributed by atoms with E-state index >= 15 is 0 Å². The zero-order valence-corrected chi connectivity index (χ0v) is 15.0. The van der Waals surface area contributed by atoms with E-state index in [9.17, 15) is 4.79 Å². The van der Waals surface area contributed by atoms with Crippen molar-refractivity contribution in [1.82, 2.24) is 15.5 Å². The SMILES string of the molecule is O=C(NCCCCOc1ccccc1)c1cn[nH]c1-c1ccc(Cl)cc1. The van der Waals surface area contributed by atoms with Crippen LogP contribution in [0.1, 0.15) is 23.2 Å². The molecule has 0 atom stereocenters. The summed E-state index contributed by atoms with van der Waals surface area (Å²) in [5, 5.41) is 10.4. The quantitative estimate of drug-likeness (QED) is 0.581. The van der Waals surface area contributed by atoms with Crippen LogP contribution in [0.25, 0.3) is 11.3 Å².